The average Bonchev–Trinajstić information content (AvgIpc) is 3.13. The molecule has 4 amide bonds. The molecule has 2 aliphatic heterocycles. The van der Waals surface area contributed by atoms with Gasteiger partial charge in [0, 0.05) is 39.6 Å². The molecule has 2 aliphatic rings. The van der Waals surface area contributed by atoms with Crippen molar-refractivity contribution >= 4 is 29.4 Å². The predicted octanol–water partition coefficient (Wildman–Crippen LogP) is 3.92. The van der Waals surface area contributed by atoms with Crippen molar-refractivity contribution in [3.8, 4) is 0 Å². The smallest absolute Gasteiger partial charge is 0.410 e. The van der Waals surface area contributed by atoms with E-state index in [0.717, 1.165) is 24.9 Å². The summed E-state index contributed by atoms with van der Waals surface area (Å²) in [5, 5.41) is 2.99. The van der Waals surface area contributed by atoms with Gasteiger partial charge in [0.2, 0.25) is 5.91 Å². The van der Waals surface area contributed by atoms with E-state index in [0.29, 0.717) is 38.3 Å². The Labute approximate surface area is 184 Å². The third-order valence-electron chi connectivity index (χ3n) is 5.55. The molecule has 1 aromatic carbocycles. The number of para-hydroxylation sites is 2. The van der Waals surface area contributed by atoms with E-state index >= 15 is 0 Å². The molecule has 0 saturated carbocycles. The summed E-state index contributed by atoms with van der Waals surface area (Å²) in [6.07, 6.45) is 2.86. The molecular formula is C23H34N4O4. The highest BCUT2D eigenvalue weighted by Crippen LogP contribution is 2.30. The summed E-state index contributed by atoms with van der Waals surface area (Å²) in [4.78, 5) is 42.5. The Bertz CT molecular complexity index is 820. The van der Waals surface area contributed by atoms with Gasteiger partial charge in [-0.25, -0.2) is 9.59 Å². The summed E-state index contributed by atoms with van der Waals surface area (Å²) < 4.78 is 5.43. The van der Waals surface area contributed by atoms with Crippen LogP contribution >= 0.6 is 0 Å². The van der Waals surface area contributed by atoms with E-state index in [1.54, 1.807) is 21.7 Å². The zero-order valence-electron chi connectivity index (χ0n) is 19.0. The highest BCUT2D eigenvalue weighted by atomic mass is 16.6. The molecule has 8 nitrogen and oxygen atoms in total. The number of nitrogens with zero attached hydrogens (tertiary/aromatic N) is 3. The molecule has 31 heavy (non-hydrogen) atoms. The summed E-state index contributed by atoms with van der Waals surface area (Å²) in [7, 11) is 1.73. The van der Waals surface area contributed by atoms with Gasteiger partial charge in [-0.05, 0) is 58.1 Å². The number of carbonyl (C=O) groups is 3. The lowest BCUT2D eigenvalue weighted by molar-refractivity contribution is -0.117. The van der Waals surface area contributed by atoms with Crippen LogP contribution in [0.3, 0.4) is 0 Å². The molecule has 8 heteroatoms. The van der Waals surface area contributed by atoms with Crippen molar-refractivity contribution in [1.29, 1.82) is 0 Å². The van der Waals surface area contributed by atoms with E-state index in [1.807, 2.05) is 45.0 Å². The molecule has 2 fully saturated rings. The van der Waals surface area contributed by atoms with E-state index < -0.39 is 5.60 Å². The summed E-state index contributed by atoms with van der Waals surface area (Å²) in [5.41, 5.74) is 0.862. The van der Waals surface area contributed by atoms with Crippen LogP contribution in [-0.4, -0.2) is 66.7 Å². The number of likely N-dealkylation sites (tertiary alicyclic amines) is 1. The van der Waals surface area contributed by atoms with Crippen molar-refractivity contribution in [2.24, 2.45) is 5.92 Å². The van der Waals surface area contributed by atoms with Crippen LogP contribution in [0.1, 0.15) is 46.5 Å². The van der Waals surface area contributed by atoms with Crippen LogP contribution in [0.25, 0.3) is 0 Å². The molecule has 1 N–H and O–H groups in total. The largest absolute Gasteiger partial charge is 0.444 e. The van der Waals surface area contributed by atoms with Crippen LogP contribution in [0.5, 0.6) is 0 Å². The van der Waals surface area contributed by atoms with Crippen molar-refractivity contribution in [2.45, 2.75) is 52.1 Å². The third kappa shape index (κ3) is 6.12. The van der Waals surface area contributed by atoms with Crippen molar-refractivity contribution in [1.82, 2.24) is 9.80 Å². The van der Waals surface area contributed by atoms with E-state index in [1.165, 1.54) is 0 Å². The predicted molar refractivity (Wildman–Crippen MR) is 120 cm³/mol. The van der Waals surface area contributed by atoms with Crippen molar-refractivity contribution in [2.75, 3.05) is 43.4 Å². The average molecular weight is 431 g/mol. The third-order valence-corrected chi connectivity index (χ3v) is 5.55. The Balaban J connectivity index is 1.59. The van der Waals surface area contributed by atoms with Gasteiger partial charge < -0.3 is 24.8 Å². The first-order valence-corrected chi connectivity index (χ1v) is 11.0. The first-order chi connectivity index (χ1) is 14.6. The topological polar surface area (TPSA) is 82.2 Å². The number of ether oxygens (including phenoxy) is 1. The molecule has 170 valence electrons. The van der Waals surface area contributed by atoms with Gasteiger partial charge >= 0.3 is 12.1 Å². The van der Waals surface area contributed by atoms with Gasteiger partial charge in [0.25, 0.3) is 0 Å². The van der Waals surface area contributed by atoms with E-state index in [4.69, 9.17) is 4.74 Å². The van der Waals surface area contributed by atoms with E-state index in [9.17, 15) is 14.4 Å². The van der Waals surface area contributed by atoms with E-state index in [-0.39, 0.29) is 23.9 Å². The minimum Gasteiger partial charge on any atom is -0.444 e. The SMILES string of the molecule is CN(CC1CCCN(C(=O)Nc2ccccc2N2CCCC2=O)C1)C(=O)OC(C)(C)C. The Morgan fingerprint density at radius 2 is 1.94 bits per heavy atom. The molecule has 1 unspecified atom stereocenters. The number of hydrogen-bond donors (Lipinski definition) is 1. The number of urea groups is 1. The van der Waals surface area contributed by atoms with Crippen LogP contribution < -0.4 is 10.2 Å². The minimum absolute atomic E-state index is 0.0879. The van der Waals surface area contributed by atoms with Crippen LogP contribution in [-0.2, 0) is 9.53 Å². The number of nitrogens with one attached hydrogen (secondary N) is 1. The highest BCUT2D eigenvalue weighted by Gasteiger charge is 2.29. The lowest BCUT2D eigenvalue weighted by Crippen LogP contribution is -2.46. The molecule has 0 radical (unpaired) electrons. The van der Waals surface area contributed by atoms with Crippen LogP contribution in [0.15, 0.2) is 24.3 Å². The lowest BCUT2D eigenvalue weighted by atomic mass is 9.98. The monoisotopic (exact) mass is 430 g/mol. The summed E-state index contributed by atoms with van der Waals surface area (Å²) in [6, 6.07) is 7.25. The quantitative estimate of drug-likeness (QED) is 0.785. The number of benzene rings is 1. The van der Waals surface area contributed by atoms with Crippen LogP contribution in [0, 0.1) is 5.92 Å². The molecule has 2 saturated heterocycles. The maximum Gasteiger partial charge on any atom is 0.410 e. The second-order valence-electron chi connectivity index (χ2n) is 9.41. The first-order valence-electron chi connectivity index (χ1n) is 11.0. The van der Waals surface area contributed by atoms with Gasteiger partial charge in [-0.1, -0.05) is 12.1 Å². The van der Waals surface area contributed by atoms with Gasteiger partial charge in [-0.15, -0.1) is 0 Å². The van der Waals surface area contributed by atoms with Crippen molar-refractivity contribution < 1.29 is 19.1 Å². The maximum absolute atomic E-state index is 13.0. The summed E-state index contributed by atoms with van der Waals surface area (Å²) in [6.45, 7) is 8.00. The molecule has 0 aliphatic carbocycles. The summed E-state index contributed by atoms with van der Waals surface area (Å²) >= 11 is 0. The summed E-state index contributed by atoms with van der Waals surface area (Å²) in [5.74, 6) is 0.275. The second-order valence-corrected chi connectivity index (χ2v) is 9.41. The van der Waals surface area contributed by atoms with Gasteiger partial charge in [0.05, 0.1) is 11.4 Å². The molecule has 1 atom stereocenters. The Morgan fingerprint density at radius 3 is 2.61 bits per heavy atom. The molecular weight excluding hydrogens is 396 g/mol. The maximum atomic E-state index is 13.0. The molecule has 0 spiro atoms. The number of anilines is 2. The van der Waals surface area contributed by atoms with Crippen molar-refractivity contribution in [3.63, 3.8) is 0 Å². The zero-order chi connectivity index (χ0) is 22.6. The molecule has 1 aromatic rings. The van der Waals surface area contributed by atoms with Gasteiger partial charge in [0.15, 0.2) is 0 Å². The number of rotatable bonds is 4. The zero-order valence-corrected chi connectivity index (χ0v) is 19.0. The van der Waals surface area contributed by atoms with E-state index in [2.05, 4.69) is 5.32 Å². The Morgan fingerprint density at radius 1 is 1.19 bits per heavy atom. The molecule has 3 rings (SSSR count). The number of carbonyl (C=O) groups excluding carboxylic acids is 3. The van der Waals surface area contributed by atoms with Gasteiger partial charge in [-0.3, -0.25) is 4.79 Å². The van der Waals surface area contributed by atoms with Gasteiger partial charge in [-0.2, -0.15) is 0 Å². The van der Waals surface area contributed by atoms with Crippen LogP contribution in [0.4, 0.5) is 21.0 Å². The molecule has 0 aromatic heterocycles. The fourth-order valence-corrected chi connectivity index (χ4v) is 4.11. The number of amides is 4. The number of hydrogen-bond acceptors (Lipinski definition) is 4. The first kappa shape index (κ1) is 22.9. The fraction of sp³-hybridized carbons (Fsp3) is 0.609. The van der Waals surface area contributed by atoms with Crippen molar-refractivity contribution in [3.05, 3.63) is 24.3 Å². The molecule has 0 bridgehead atoms. The number of piperidine rings is 1. The lowest BCUT2D eigenvalue weighted by Gasteiger charge is -2.35. The Kier molecular flexibility index (Phi) is 7.08. The highest BCUT2D eigenvalue weighted by molar-refractivity contribution is 6.01. The Hall–Kier alpha value is -2.77. The fourth-order valence-electron chi connectivity index (χ4n) is 4.11. The normalized spacial score (nSPS) is 19.4. The standard InChI is InChI=1S/C23H34N4O4/c1-23(2,3)31-22(30)25(4)15-17-9-7-13-26(16-17)21(29)24-18-10-5-6-11-19(18)27-14-8-12-20(27)28/h5-6,10-11,17H,7-9,12-16H2,1-4H3,(H,24,29). The van der Waals surface area contributed by atoms with Crippen LogP contribution in [0.2, 0.25) is 0 Å². The minimum atomic E-state index is -0.534. The second kappa shape index (κ2) is 9.58. The molecule has 2 heterocycles. The van der Waals surface area contributed by atoms with Gasteiger partial charge in [0.1, 0.15) is 5.60 Å².